The number of carbonyl (C=O) groups is 1. The topological polar surface area (TPSA) is 83.1 Å². The number of rotatable bonds is 5. The number of carbonyl (C=O) groups excluding carboxylic acids is 1. The zero-order valence-electron chi connectivity index (χ0n) is 15.6. The summed E-state index contributed by atoms with van der Waals surface area (Å²) < 4.78 is 5.46. The number of piperidine rings is 1. The molecular weight excluding hydrogens is 342 g/mol. The van der Waals surface area contributed by atoms with E-state index in [2.05, 4.69) is 25.4 Å². The fraction of sp³-hybridized carbons (Fsp3) is 0.550. The second-order valence-corrected chi connectivity index (χ2v) is 7.37. The lowest BCUT2D eigenvalue weighted by Crippen LogP contribution is -2.48. The monoisotopic (exact) mass is 369 g/mol. The maximum atomic E-state index is 12.7. The average Bonchev–Trinajstić information content (AvgIpc) is 3.22. The smallest absolute Gasteiger partial charge is 0.224 e. The zero-order valence-corrected chi connectivity index (χ0v) is 15.6. The van der Waals surface area contributed by atoms with Crippen molar-refractivity contribution in [3.05, 3.63) is 36.2 Å². The number of ether oxygens (including phenoxy) is 1. The van der Waals surface area contributed by atoms with E-state index in [1.807, 2.05) is 30.3 Å². The first kappa shape index (κ1) is 18.1. The summed E-state index contributed by atoms with van der Waals surface area (Å²) in [5.74, 6) is 1.50. The van der Waals surface area contributed by atoms with Gasteiger partial charge in [0.15, 0.2) is 5.82 Å². The Kier molecular flexibility index (Phi) is 5.79. The third-order valence-corrected chi connectivity index (χ3v) is 5.52. The van der Waals surface area contributed by atoms with Gasteiger partial charge < -0.3 is 10.1 Å². The summed E-state index contributed by atoms with van der Waals surface area (Å²) in [5, 5.41) is 10.2. The minimum atomic E-state index is 0.0538. The quantitative estimate of drug-likeness (QED) is 0.842. The summed E-state index contributed by atoms with van der Waals surface area (Å²) in [6, 6.07) is 10.4. The molecule has 1 atom stereocenters. The Morgan fingerprint density at radius 1 is 1.22 bits per heavy atom. The lowest BCUT2D eigenvalue weighted by atomic mass is 9.94. The van der Waals surface area contributed by atoms with Crippen molar-refractivity contribution in [2.75, 3.05) is 26.3 Å². The van der Waals surface area contributed by atoms with Gasteiger partial charge in [0, 0.05) is 31.4 Å². The SMILES string of the molecule is O=C(NCc1nc(-c2ccccc2)n[nH]1)[C@H]1CCCN(C2CCOCC2)C1. The summed E-state index contributed by atoms with van der Waals surface area (Å²) in [4.78, 5) is 19.6. The van der Waals surface area contributed by atoms with E-state index >= 15 is 0 Å². The number of hydrogen-bond acceptors (Lipinski definition) is 5. The van der Waals surface area contributed by atoms with Gasteiger partial charge in [-0.3, -0.25) is 14.8 Å². The normalized spacial score (nSPS) is 21.9. The summed E-state index contributed by atoms with van der Waals surface area (Å²) in [6.07, 6.45) is 4.19. The van der Waals surface area contributed by atoms with Crippen molar-refractivity contribution < 1.29 is 9.53 Å². The van der Waals surface area contributed by atoms with Crippen LogP contribution in [0.2, 0.25) is 0 Å². The number of aromatic amines is 1. The number of benzene rings is 1. The van der Waals surface area contributed by atoms with Crippen molar-refractivity contribution >= 4 is 5.91 Å². The van der Waals surface area contributed by atoms with Crippen LogP contribution < -0.4 is 5.32 Å². The highest BCUT2D eigenvalue weighted by Crippen LogP contribution is 2.23. The standard InChI is InChI=1S/C20H27N5O2/c26-20(16-7-4-10-25(14-16)17-8-11-27-12-9-17)21-13-18-22-19(24-23-18)15-5-2-1-3-6-15/h1-3,5-6,16-17H,4,7-14H2,(H,21,26)(H,22,23,24)/t16-/m0/s1. The van der Waals surface area contributed by atoms with E-state index in [4.69, 9.17) is 4.74 Å². The van der Waals surface area contributed by atoms with Crippen molar-refractivity contribution in [3.8, 4) is 11.4 Å². The lowest BCUT2D eigenvalue weighted by Gasteiger charge is -2.39. The van der Waals surface area contributed by atoms with Crippen LogP contribution in [0.5, 0.6) is 0 Å². The Hall–Kier alpha value is -2.25. The number of amides is 1. The fourth-order valence-electron chi connectivity index (χ4n) is 4.01. The van der Waals surface area contributed by atoms with Gasteiger partial charge in [-0.2, -0.15) is 5.10 Å². The van der Waals surface area contributed by atoms with Gasteiger partial charge in [-0.15, -0.1) is 0 Å². The molecule has 0 spiro atoms. The molecule has 7 nitrogen and oxygen atoms in total. The van der Waals surface area contributed by atoms with Gasteiger partial charge in [-0.1, -0.05) is 30.3 Å². The summed E-state index contributed by atoms with van der Waals surface area (Å²) >= 11 is 0. The van der Waals surface area contributed by atoms with Crippen LogP contribution in [-0.4, -0.2) is 58.3 Å². The molecule has 2 aromatic rings. The van der Waals surface area contributed by atoms with E-state index in [-0.39, 0.29) is 11.8 Å². The Balaban J connectivity index is 1.29. The first-order valence-corrected chi connectivity index (χ1v) is 9.86. The van der Waals surface area contributed by atoms with Crippen LogP contribution in [0, 0.1) is 5.92 Å². The molecule has 0 aliphatic carbocycles. The van der Waals surface area contributed by atoms with E-state index in [9.17, 15) is 4.79 Å². The van der Waals surface area contributed by atoms with Gasteiger partial charge in [0.05, 0.1) is 12.5 Å². The predicted molar refractivity (Wildman–Crippen MR) is 102 cm³/mol. The number of hydrogen-bond donors (Lipinski definition) is 2. The van der Waals surface area contributed by atoms with E-state index in [0.29, 0.717) is 24.2 Å². The number of H-pyrrole nitrogens is 1. The minimum Gasteiger partial charge on any atom is -0.381 e. The Morgan fingerprint density at radius 3 is 2.85 bits per heavy atom. The highest BCUT2D eigenvalue weighted by molar-refractivity contribution is 5.78. The molecule has 0 saturated carbocycles. The second-order valence-electron chi connectivity index (χ2n) is 7.37. The van der Waals surface area contributed by atoms with Crippen molar-refractivity contribution in [3.63, 3.8) is 0 Å². The van der Waals surface area contributed by atoms with Crippen molar-refractivity contribution in [1.82, 2.24) is 25.4 Å². The lowest BCUT2D eigenvalue weighted by molar-refractivity contribution is -0.127. The maximum absolute atomic E-state index is 12.7. The molecule has 4 rings (SSSR count). The van der Waals surface area contributed by atoms with Crippen LogP contribution in [0.1, 0.15) is 31.5 Å². The molecule has 2 aliphatic rings. The van der Waals surface area contributed by atoms with Crippen LogP contribution in [0.4, 0.5) is 0 Å². The van der Waals surface area contributed by atoms with Crippen LogP contribution in [0.3, 0.4) is 0 Å². The Bertz CT molecular complexity index is 742. The largest absolute Gasteiger partial charge is 0.381 e. The van der Waals surface area contributed by atoms with Crippen LogP contribution in [0.25, 0.3) is 11.4 Å². The molecular formula is C20H27N5O2. The summed E-state index contributed by atoms with van der Waals surface area (Å²) in [7, 11) is 0. The van der Waals surface area contributed by atoms with E-state index in [1.165, 1.54) is 0 Å². The molecule has 7 heteroatoms. The molecule has 1 aromatic heterocycles. The highest BCUT2D eigenvalue weighted by Gasteiger charge is 2.30. The molecule has 0 radical (unpaired) electrons. The van der Waals surface area contributed by atoms with Crippen LogP contribution in [-0.2, 0) is 16.1 Å². The van der Waals surface area contributed by atoms with Gasteiger partial charge in [-0.25, -0.2) is 4.98 Å². The van der Waals surface area contributed by atoms with Gasteiger partial charge in [-0.05, 0) is 32.2 Å². The molecule has 1 aromatic carbocycles. The molecule has 0 unspecified atom stereocenters. The number of likely N-dealkylation sites (tertiary alicyclic amines) is 1. The highest BCUT2D eigenvalue weighted by atomic mass is 16.5. The summed E-state index contributed by atoms with van der Waals surface area (Å²) in [6.45, 7) is 4.01. The van der Waals surface area contributed by atoms with E-state index in [1.54, 1.807) is 0 Å². The molecule has 27 heavy (non-hydrogen) atoms. The molecule has 144 valence electrons. The van der Waals surface area contributed by atoms with Crippen molar-refractivity contribution in [2.45, 2.75) is 38.3 Å². The van der Waals surface area contributed by atoms with E-state index < -0.39 is 0 Å². The number of nitrogens with one attached hydrogen (secondary N) is 2. The molecule has 1 amide bonds. The molecule has 2 fully saturated rings. The molecule has 0 bridgehead atoms. The fourth-order valence-corrected chi connectivity index (χ4v) is 4.01. The molecule has 2 aliphatic heterocycles. The molecule has 3 heterocycles. The van der Waals surface area contributed by atoms with Crippen LogP contribution >= 0.6 is 0 Å². The average molecular weight is 369 g/mol. The summed E-state index contributed by atoms with van der Waals surface area (Å²) in [5.41, 5.74) is 0.964. The van der Waals surface area contributed by atoms with Gasteiger partial charge in [0.2, 0.25) is 5.91 Å². The third kappa shape index (κ3) is 4.54. The van der Waals surface area contributed by atoms with E-state index in [0.717, 1.165) is 57.6 Å². The van der Waals surface area contributed by atoms with Crippen LogP contribution in [0.15, 0.2) is 30.3 Å². The van der Waals surface area contributed by atoms with Crippen molar-refractivity contribution in [1.29, 1.82) is 0 Å². The Morgan fingerprint density at radius 2 is 2.04 bits per heavy atom. The predicted octanol–water partition coefficient (Wildman–Crippen LogP) is 1.98. The van der Waals surface area contributed by atoms with Gasteiger partial charge >= 0.3 is 0 Å². The van der Waals surface area contributed by atoms with Gasteiger partial charge in [0.1, 0.15) is 5.82 Å². The Labute approximate surface area is 159 Å². The van der Waals surface area contributed by atoms with Gasteiger partial charge in [0.25, 0.3) is 0 Å². The number of nitrogens with zero attached hydrogens (tertiary/aromatic N) is 3. The zero-order chi connectivity index (χ0) is 18.5. The third-order valence-electron chi connectivity index (χ3n) is 5.52. The molecule has 2 N–H and O–H groups in total. The maximum Gasteiger partial charge on any atom is 0.224 e. The van der Waals surface area contributed by atoms with Crippen molar-refractivity contribution in [2.24, 2.45) is 5.92 Å². The molecule has 2 saturated heterocycles. The first-order chi connectivity index (χ1) is 13.3. The minimum absolute atomic E-state index is 0.0538. The first-order valence-electron chi connectivity index (χ1n) is 9.86. The second kappa shape index (κ2) is 8.63. The number of aromatic nitrogens is 3.